The topological polar surface area (TPSA) is 105 Å². The van der Waals surface area contributed by atoms with E-state index in [9.17, 15) is 19.4 Å². The number of allylic oxidation sites excluding steroid dienone is 9. The number of likely N-dealkylation sites (N-methyl/N-ethyl adjacent to an activating group) is 1. The number of rotatable bonds is 65. The molecule has 8 nitrogen and oxygen atoms in total. The van der Waals surface area contributed by atoms with Gasteiger partial charge in [0.1, 0.15) is 13.2 Å². The summed E-state index contributed by atoms with van der Waals surface area (Å²) in [6.45, 7) is 4.83. The van der Waals surface area contributed by atoms with Crippen molar-refractivity contribution in [3.63, 3.8) is 0 Å². The van der Waals surface area contributed by atoms with Crippen molar-refractivity contribution in [2.75, 3.05) is 40.9 Å². The lowest BCUT2D eigenvalue weighted by atomic mass is 10.0. The zero-order valence-electron chi connectivity index (χ0n) is 54.5. The zero-order valence-corrected chi connectivity index (χ0v) is 55.4. The number of carbonyl (C=O) groups excluding carboxylic acids is 1. The quantitative estimate of drug-likeness (QED) is 0.0243. The Hall–Kier alpha value is -1.80. The Bertz CT molecular complexity index is 1500. The monoisotopic (exact) mass is 1160 g/mol. The molecule has 81 heavy (non-hydrogen) atoms. The van der Waals surface area contributed by atoms with E-state index in [1.165, 1.54) is 270 Å². The molecule has 0 bridgehead atoms. The van der Waals surface area contributed by atoms with Gasteiger partial charge in [-0.25, -0.2) is 4.57 Å². The fraction of sp³-hybridized carbons (Fsp3) is 0.847. The summed E-state index contributed by atoms with van der Waals surface area (Å²) in [5.74, 6) is -0.181. The van der Waals surface area contributed by atoms with Crippen LogP contribution in [0.4, 0.5) is 0 Å². The summed E-state index contributed by atoms with van der Waals surface area (Å²) in [4.78, 5) is 23.4. The molecule has 1 amide bonds. The number of aliphatic hydroxyl groups excluding tert-OH is 1. The van der Waals surface area contributed by atoms with E-state index >= 15 is 0 Å². The van der Waals surface area contributed by atoms with Gasteiger partial charge in [-0.2, -0.15) is 0 Å². The first kappa shape index (κ1) is 79.2. The summed E-state index contributed by atoms with van der Waals surface area (Å²) >= 11 is 0. The van der Waals surface area contributed by atoms with Crippen molar-refractivity contribution in [1.29, 1.82) is 0 Å². The molecule has 0 aliphatic carbocycles. The molecule has 0 spiro atoms. The Kier molecular flexibility index (Phi) is 61.3. The van der Waals surface area contributed by atoms with Gasteiger partial charge in [-0.15, -0.1) is 0 Å². The molecule has 9 heteroatoms. The Labute approximate surface area is 504 Å². The molecule has 0 aliphatic heterocycles. The van der Waals surface area contributed by atoms with Gasteiger partial charge < -0.3 is 19.8 Å². The molecule has 0 radical (unpaired) electrons. The predicted octanol–water partition coefficient (Wildman–Crippen LogP) is 22.4. The van der Waals surface area contributed by atoms with Crippen LogP contribution in [0.15, 0.2) is 60.8 Å². The molecular formula is C72H138N2O6P+. The number of unbranched alkanes of at least 4 members (excludes halogenated alkanes) is 44. The standard InChI is InChI=1S/C72H137N2O6P/c1-6-8-10-12-14-16-18-20-22-24-26-28-30-31-32-33-34-35-36-37-38-39-40-41-42-43-44-46-48-50-52-54-56-58-60-62-64-66-72(76)73-70(69-80-81(77,78)79-68-67-74(3,4)5)71(75)65-63-61-59-57-55-53-51-49-47-45-29-27-25-23-21-19-17-15-13-11-9-7-2/h18,20,24,26,30-31,55,57,63,65,70-71,75H,6-17,19,21-23,25,27-29,32-54,56,58-62,64,66-69H2,1-5H3,(H-,73,76,77,78)/p+1/b20-18-,26-24-,31-30-,57-55+,65-63+. The number of hydrogen-bond acceptors (Lipinski definition) is 5. The zero-order chi connectivity index (χ0) is 59.1. The van der Waals surface area contributed by atoms with Crippen LogP contribution in [-0.2, 0) is 18.4 Å². The number of aliphatic hydroxyl groups is 1. The second kappa shape index (κ2) is 62.7. The van der Waals surface area contributed by atoms with Crippen LogP contribution in [0.25, 0.3) is 0 Å². The minimum Gasteiger partial charge on any atom is -0.387 e. The van der Waals surface area contributed by atoms with Gasteiger partial charge in [-0.3, -0.25) is 13.8 Å². The molecule has 3 unspecified atom stereocenters. The number of nitrogens with zero attached hydrogens (tertiary/aromatic N) is 1. The molecule has 476 valence electrons. The van der Waals surface area contributed by atoms with Crippen LogP contribution < -0.4 is 5.32 Å². The maximum absolute atomic E-state index is 13.0. The summed E-state index contributed by atoms with van der Waals surface area (Å²) in [7, 11) is 1.57. The maximum atomic E-state index is 13.0. The Balaban J connectivity index is 4.02. The smallest absolute Gasteiger partial charge is 0.387 e. The van der Waals surface area contributed by atoms with E-state index in [4.69, 9.17) is 9.05 Å². The van der Waals surface area contributed by atoms with E-state index in [1.54, 1.807) is 6.08 Å². The van der Waals surface area contributed by atoms with Gasteiger partial charge in [0.15, 0.2) is 0 Å². The molecule has 0 aromatic rings. The number of nitrogens with one attached hydrogen (secondary N) is 1. The molecule has 0 aliphatic rings. The van der Waals surface area contributed by atoms with Gasteiger partial charge in [0.25, 0.3) is 0 Å². The molecule has 0 aromatic carbocycles. The number of phosphoric ester groups is 1. The van der Waals surface area contributed by atoms with Gasteiger partial charge in [-0.05, 0) is 70.6 Å². The maximum Gasteiger partial charge on any atom is 0.472 e. The summed E-state index contributed by atoms with van der Waals surface area (Å²) in [6.07, 6.45) is 86.6. The van der Waals surface area contributed by atoms with Gasteiger partial charge in [0.2, 0.25) is 5.91 Å². The van der Waals surface area contributed by atoms with E-state index in [0.717, 1.165) is 51.4 Å². The highest BCUT2D eigenvalue weighted by molar-refractivity contribution is 7.47. The minimum absolute atomic E-state index is 0.0568. The average molecular weight is 1160 g/mol. The Morgan fingerprint density at radius 2 is 0.716 bits per heavy atom. The fourth-order valence-corrected chi connectivity index (χ4v) is 11.2. The van der Waals surface area contributed by atoms with E-state index in [1.807, 2.05) is 27.2 Å². The van der Waals surface area contributed by atoms with Crippen molar-refractivity contribution in [3.8, 4) is 0 Å². The first-order valence-electron chi connectivity index (χ1n) is 35.2. The van der Waals surface area contributed by atoms with Crippen LogP contribution in [0.3, 0.4) is 0 Å². The summed E-state index contributed by atoms with van der Waals surface area (Å²) in [5.41, 5.74) is 0. The fourth-order valence-electron chi connectivity index (χ4n) is 10.5. The largest absolute Gasteiger partial charge is 0.472 e. The van der Waals surface area contributed by atoms with Gasteiger partial charge >= 0.3 is 7.82 Å². The van der Waals surface area contributed by atoms with Gasteiger partial charge in [0, 0.05) is 6.42 Å². The van der Waals surface area contributed by atoms with Gasteiger partial charge in [0.05, 0.1) is 39.9 Å². The van der Waals surface area contributed by atoms with Gasteiger partial charge in [-0.1, -0.05) is 325 Å². The highest BCUT2D eigenvalue weighted by Crippen LogP contribution is 2.43. The highest BCUT2D eigenvalue weighted by Gasteiger charge is 2.28. The molecule has 3 atom stereocenters. The van der Waals surface area contributed by atoms with Crippen molar-refractivity contribution in [2.24, 2.45) is 0 Å². The molecule has 0 heterocycles. The molecule has 0 fully saturated rings. The van der Waals surface area contributed by atoms with Crippen LogP contribution in [0.5, 0.6) is 0 Å². The lowest BCUT2D eigenvalue weighted by Gasteiger charge is -2.25. The number of phosphoric acid groups is 1. The Morgan fingerprint density at radius 1 is 0.420 bits per heavy atom. The molecule has 0 saturated carbocycles. The van der Waals surface area contributed by atoms with E-state index in [-0.39, 0.29) is 19.1 Å². The third kappa shape index (κ3) is 65.6. The number of hydrogen-bond donors (Lipinski definition) is 3. The SMILES string of the molecule is CCCCCCC/C=C\C/C=C\C/C=C\CCCCCCCCCCCCCCCCCCCCCCCCC(=O)NC(COP(=O)(O)OCC[N+](C)(C)C)C(O)/C=C/CC/C=C/CCCCCCCCCCCCCCCCCC. The molecule has 0 rings (SSSR count). The first-order chi connectivity index (χ1) is 39.5. The minimum atomic E-state index is -4.36. The van der Waals surface area contributed by atoms with Crippen molar-refractivity contribution in [1.82, 2.24) is 5.32 Å². The number of carbonyl (C=O) groups is 1. The third-order valence-electron chi connectivity index (χ3n) is 16.0. The number of amides is 1. The normalized spacial score (nSPS) is 14.0. The lowest BCUT2D eigenvalue weighted by molar-refractivity contribution is -0.870. The van der Waals surface area contributed by atoms with Crippen LogP contribution in [0.1, 0.15) is 341 Å². The van der Waals surface area contributed by atoms with E-state index in [2.05, 4.69) is 67.8 Å². The van der Waals surface area contributed by atoms with Crippen LogP contribution >= 0.6 is 7.82 Å². The first-order valence-corrected chi connectivity index (χ1v) is 36.7. The van der Waals surface area contributed by atoms with E-state index < -0.39 is 20.0 Å². The third-order valence-corrected chi connectivity index (χ3v) is 16.9. The van der Waals surface area contributed by atoms with Crippen molar-refractivity contribution >= 4 is 13.7 Å². The molecule has 0 saturated heterocycles. The highest BCUT2D eigenvalue weighted by atomic mass is 31.2. The molecule has 0 aromatic heterocycles. The summed E-state index contributed by atoms with van der Waals surface area (Å²) in [5, 5.41) is 14.0. The second-order valence-corrected chi connectivity index (χ2v) is 26.7. The summed E-state index contributed by atoms with van der Waals surface area (Å²) in [6, 6.07) is -0.865. The molecule has 3 N–H and O–H groups in total. The van der Waals surface area contributed by atoms with E-state index in [0.29, 0.717) is 17.4 Å². The molecular weight excluding hydrogens is 1020 g/mol. The Morgan fingerprint density at radius 3 is 1.07 bits per heavy atom. The van der Waals surface area contributed by atoms with Crippen LogP contribution in [0, 0.1) is 0 Å². The number of quaternary nitrogens is 1. The van der Waals surface area contributed by atoms with Crippen LogP contribution in [-0.4, -0.2) is 73.4 Å². The summed E-state index contributed by atoms with van der Waals surface area (Å²) < 4.78 is 23.8. The van der Waals surface area contributed by atoms with Crippen LogP contribution in [0.2, 0.25) is 0 Å². The lowest BCUT2D eigenvalue weighted by Crippen LogP contribution is -2.45. The van der Waals surface area contributed by atoms with Crippen molar-refractivity contribution in [2.45, 2.75) is 353 Å². The van der Waals surface area contributed by atoms with Crippen molar-refractivity contribution in [3.05, 3.63) is 60.8 Å². The van der Waals surface area contributed by atoms with Crippen molar-refractivity contribution < 1.29 is 32.9 Å². The second-order valence-electron chi connectivity index (χ2n) is 25.3. The predicted molar refractivity (Wildman–Crippen MR) is 355 cm³/mol. The average Bonchev–Trinajstić information content (AvgIpc) is 3.43.